The molecule has 1 amide bonds. The van der Waals surface area contributed by atoms with Crippen LogP contribution in [0.1, 0.15) is 39.5 Å². The van der Waals surface area contributed by atoms with E-state index in [1.165, 1.54) is 32.5 Å². The Kier molecular flexibility index (Phi) is 5.08. The summed E-state index contributed by atoms with van der Waals surface area (Å²) in [7, 11) is 0. The highest BCUT2D eigenvalue weighted by molar-refractivity contribution is 6.05. The van der Waals surface area contributed by atoms with Gasteiger partial charge in [0.15, 0.2) is 5.84 Å². The van der Waals surface area contributed by atoms with Crippen LogP contribution in [0.5, 0.6) is 0 Å². The molecule has 0 aromatic heterocycles. The number of piperidine rings is 1. The zero-order chi connectivity index (χ0) is 15.5. The molecule has 6 heteroatoms. The van der Waals surface area contributed by atoms with E-state index >= 15 is 0 Å². The molecular weight excluding hydrogens is 268 g/mol. The molecule has 2 heterocycles. The summed E-state index contributed by atoms with van der Waals surface area (Å²) in [6.45, 7) is 8.61. The number of nitrogens with zero attached hydrogens (tertiary/aromatic N) is 3. The van der Waals surface area contributed by atoms with Crippen molar-refractivity contribution in [3.8, 4) is 0 Å². The Morgan fingerprint density at radius 2 is 1.81 bits per heavy atom. The average molecular weight is 296 g/mol. The van der Waals surface area contributed by atoms with Crippen LogP contribution in [-0.4, -0.2) is 59.5 Å². The van der Waals surface area contributed by atoms with Crippen molar-refractivity contribution >= 4 is 11.7 Å². The molecule has 0 aromatic rings. The Hall–Kier alpha value is -1.30. The first-order valence-electron chi connectivity index (χ1n) is 7.95. The number of oxime groups is 1. The van der Waals surface area contributed by atoms with Crippen molar-refractivity contribution in [1.82, 2.24) is 9.80 Å². The van der Waals surface area contributed by atoms with Crippen LogP contribution in [0.4, 0.5) is 0 Å². The van der Waals surface area contributed by atoms with Crippen molar-refractivity contribution in [3.05, 3.63) is 0 Å². The molecule has 3 N–H and O–H groups in total. The predicted molar refractivity (Wildman–Crippen MR) is 82.2 cm³/mol. The molecular formula is C15H28N4O2. The van der Waals surface area contributed by atoms with Crippen molar-refractivity contribution in [3.63, 3.8) is 0 Å². The van der Waals surface area contributed by atoms with E-state index in [4.69, 9.17) is 10.9 Å². The molecule has 0 radical (unpaired) electrons. The first-order chi connectivity index (χ1) is 9.95. The first kappa shape index (κ1) is 16.1. The van der Waals surface area contributed by atoms with Gasteiger partial charge in [-0.15, -0.1) is 0 Å². The number of hydrogen-bond acceptors (Lipinski definition) is 4. The Bertz CT molecular complexity index is 394. The predicted octanol–water partition coefficient (Wildman–Crippen LogP) is 1.09. The van der Waals surface area contributed by atoms with Crippen molar-refractivity contribution in [2.45, 2.75) is 39.5 Å². The van der Waals surface area contributed by atoms with Gasteiger partial charge in [-0.25, -0.2) is 0 Å². The van der Waals surface area contributed by atoms with Gasteiger partial charge < -0.3 is 20.7 Å². The first-order valence-corrected chi connectivity index (χ1v) is 7.95. The van der Waals surface area contributed by atoms with Gasteiger partial charge in [-0.1, -0.05) is 5.16 Å². The highest BCUT2D eigenvalue weighted by atomic mass is 16.4. The van der Waals surface area contributed by atoms with Crippen LogP contribution < -0.4 is 5.73 Å². The Labute approximate surface area is 127 Å². The number of amidine groups is 1. The van der Waals surface area contributed by atoms with Crippen LogP contribution in [0, 0.1) is 11.3 Å². The number of carbonyl (C=O) groups excluding carboxylic acids is 1. The molecule has 6 nitrogen and oxygen atoms in total. The lowest BCUT2D eigenvalue weighted by atomic mass is 9.88. The minimum atomic E-state index is -0.934. The molecule has 0 aliphatic carbocycles. The fourth-order valence-electron chi connectivity index (χ4n) is 3.28. The molecule has 0 spiro atoms. The van der Waals surface area contributed by atoms with E-state index in [1.54, 1.807) is 13.8 Å². The van der Waals surface area contributed by atoms with Gasteiger partial charge in [-0.2, -0.15) is 0 Å². The highest BCUT2D eigenvalue weighted by Gasteiger charge is 2.37. The lowest BCUT2D eigenvalue weighted by Gasteiger charge is -2.37. The van der Waals surface area contributed by atoms with E-state index in [2.05, 4.69) is 10.1 Å². The maximum atomic E-state index is 12.5. The lowest BCUT2D eigenvalue weighted by Crippen LogP contribution is -2.51. The molecule has 21 heavy (non-hydrogen) atoms. The van der Waals surface area contributed by atoms with E-state index in [1.807, 2.05) is 4.90 Å². The summed E-state index contributed by atoms with van der Waals surface area (Å²) in [5, 5.41) is 11.8. The summed E-state index contributed by atoms with van der Waals surface area (Å²) in [6.07, 6.45) is 4.75. The highest BCUT2D eigenvalue weighted by Crippen LogP contribution is 2.25. The second-order valence-corrected chi connectivity index (χ2v) is 6.85. The van der Waals surface area contributed by atoms with E-state index in [0.717, 1.165) is 25.9 Å². The van der Waals surface area contributed by atoms with E-state index < -0.39 is 5.41 Å². The summed E-state index contributed by atoms with van der Waals surface area (Å²) in [5.41, 5.74) is 4.71. The maximum Gasteiger partial charge on any atom is 0.235 e. The normalized spacial score (nSPS) is 22.8. The zero-order valence-corrected chi connectivity index (χ0v) is 13.2. The third-order valence-electron chi connectivity index (χ3n) is 4.90. The van der Waals surface area contributed by atoms with Crippen LogP contribution in [0.3, 0.4) is 0 Å². The van der Waals surface area contributed by atoms with Crippen LogP contribution in [0.25, 0.3) is 0 Å². The van der Waals surface area contributed by atoms with Crippen LogP contribution >= 0.6 is 0 Å². The molecule has 0 bridgehead atoms. The van der Waals surface area contributed by atoms with Gasteiger partial charge in [-0.3, -0.25) is 4.79 Å². The molecule has 2 saturated heterocycles. The number of rotatable bonds is 4. The van der Waals surface area contributed by atoms with Gasteiger partial charge in [0, 0.05) is 19.6 Å². The number of amides is 1. The summed E-state index contributed by atoms with van der Waals surface area (Å²) < 4.78 is 0. The minimum absolute atomic E-state index is 0.0216. The largest absolute Gasteiger partial charge is 0.409 e. The van der Waals surface area contributed by atoms with Gasteiger partial charge in [0.25, 0.3) is 0 Å². The minimum Gasteiger partial charge on any atom is -0.409 e. The topological polar surface area (TPSA) is 82.2 Å². The van der Waals surface area contributed by atoms with Gasteiger partial charge in [0.05, 0.1) is 0 Å². The number of hydrogen-bond donors (Lipinski definition) is 2. The molecule has 2 aliphatic heterocycles. The molecule has 2 aliphatic rings. The van der Waals surface area contributed by atoms with Gasteiger partial charge in [-0.05, 0) is 58.5 Å². The molecule has 0 unspecified atom stereocenters. The van der Waals surface area contributed by atoms with Crippen molar-refractivity contribution in [2.75, 3.05) is 32.7 Å². The maximum absolute atomic E-state index is 12.5. The summed E-state index contributed by atoms with van der Waals surface area (Å²) in [4.78, 5) is 16.9. The third kappa shape index (κ3) is 3.67. The van der Waals surface area contributed by atoms with Gasteiger partial charge >= 0.3 is 0 Å². The third-order valence-corrected chi connectivity index (χ3v) is 4.90. The molecule has 0 aromatic carbocycles. The zero-order valence-electron chi connectivity index (χ0n) is 13.2. The Balaban J connectivity index is 1.84. The fourth-order valence-corrected chi connectivity index (χ4v) is 3.28. The lowest BCUT2D eigenvalue weighted by molar-refractivity contribution is -0.138. The van der Waals surface area contributed by atoms with Crippen molar-refractivity contribution in [1.29, 1.82) is 0 Å². The molecule has 120 valence electrons. The second kappa shape index (κ2) is 6.64. The molecule has 2 rings (SSSR count). The molecule has 2 fully saturated rings. The van der Waals surface area contributed by atoms with Crippen LogP contribution in [0.15, 0.2) is 5.16 Å². The second-order valence-electron chi connectivity index (χ2n) is 6.85. The fraction of sp³-hybridized carbons (Fsp3) is 0.867. The SMILES string of the molecule is CC(C)(C(=O)N1CCC(CN2CCCC2)CC1)C(N)=NO. The number of carbonyl (C=O) groups is 1. The molecule has 0 saturated carbocycles. The van der Waals surface area contributed by atoms with E-state index in [9.17, 15) is 4.79 Å². The summed E-state index contributed by atoms with van der Waals surface area (Å²) in [5.74, 6) is 0.628. The van der Waals surface area contributed by atoms with Gasteiger partial charge in [0.1, 0.15) is 5.41 Å². The Morgan fingerprint density at radius 1 is 1.24 bits per heavy atom. The summed E-state index contributed by atoms with van der Waals surface area (Å²) >= 11 is 0. The van der Waals surface area contributed by atoms with Crippen molar-refractivity contribution < 1.29 is 10.0 Å². The van der Waals surface area contributed by atoms with Crippen LogP contribution in [-0.2, 0) is 4.79 Å². The van der Waals surface area contributed by atoms with E-state index in [0.29, 0.717) is 5.92 Å². The van der Waals surface area contributed by atoms with Gasteiger partial charge in [0.2, 0.25) is 5.91 Å². The average Bonchev–Trinajstić information content (AvgIpc) is 2.99. The number of nitrogens with two attached hydrogens (primary N) is 1. The van der Waals surface area contributed by atoms with Crippen LogP contribution in [0.2, 0.25) is 0 Å². The molecule has 0 atom stereocenters. The quantitative estimate of drug-likeness (QED) is 0.352. The monoisotopic (exact) mass is 296 g/mol. The number of likely N-dealkylation sites (tertiary alicyclic amines) is 2. The summed E-state index contributed by atoms with van der Waals surface area (Å²) in [6, 6.07) is 0. The smallest absolute Gasteiger partial charge is 0.235 e. The Morgan fingerprint density at radius 3 is 2.33 bits per heavy atom. The van der Waals surface area contributed by atoms with E-state index in [-0.39, 0.29) is 11.7 Å². The van der Waals surface area contributed by atoms with Crippen molar-refractivity contribution in [2.24, 2.45) is 22.2 Å². The standard InChI is InChI=1S/C15H28N4O2/c1-15(2,13(16)17-21)14(20)19-9-5-12(6-10-19)11-18-7-3-4-8-18/h12,21H,3-11H2,1-2H3,(H2,16,17).